The van der Waals surface area contributed by atoms with Crippen molar-refractivity contribution < 1.29 is 4.74 Å². The molecule has 0 aliphatic heterocycles. The van der Waals surface area contributed by atoms with E-state index >= 15 is 0 Å². The highest BCUT2D eigenvalue weighted by Gasteiger charge is 2.12. The Labute approximate surface area is 119 Å². The number of aryl methyl sites for hydroxylation is 1. The molecule has 19 heavy (non-hydrogen) atoms. The second-order valence-electron chi connectivity index (χ2n) is 4.48. The lowest BCUT2D eigenvalue weighted by atomic mass is 10.1. The molecule has 0 heterocycles. The lowest BCUT2D eigenvalue weighted by molar-refractivity contribution is 0.407. The number of ether oxygens (including phenoxy) is 1. The highest BCUT2D eigenvalue weighted by atomic mass is 32.2. The molecule has 0 saturated carbocycles. The summed E-state index contributed by atoms with van der Waals surface area (Å²) in [6.07, 6.45) is 0. The number of thioether (sulfide) groups is 1. The van der Waals surface area contributed by atoms with E-state index in [1.807, 2.05) is 30.3 Å². The Hall–Kier alpha value is -1.45. The van der Waals surface area contributed by atoms with Crippen LogP contribution < -0.4 is 10.5 Å². The minimum absolute atomic E-state index is 0.0277. The fourth-order valence-corrected chi connectivity index (χ4v) is 2.84. The first-order chi connectivity index (χ1) is 9.20. The van der Waals surface area contributed by atoms with Gasteiger partial charge in [0.05, 0.1) is 7.11 Å². The van der Waals surface area contributed by atoms with Crippen molar-refractivity contribution in [2.24, 2.45) is 5.73 Å². The molecule has 0 amide bonds. The second kappa shape index (κ2) is 6.64. The van der Waals surface area contributed by atoms with E-state index in [1.165, 1.54) is 10.5 Å². The average Bonchev–Trinajstić information content (AvgIpc) is 2.46. The van der Waals surface area contributed by atoms with Gasteiger partial charge in [0.15, 0.2) is 0 Å². The Morgan fingerprint density at radius 2 is 1.89 bits per heavy atom. The van der Waals surface area contributed by atoms with Crippen LogP contribution in [0.15, 0.2) is 53.4 Å². The summed E-state index contributed by atoms with van der Waals surface area (Å²) in [5.41, 5.74) is 8.57. The summed E-state index contributed by atoms with van der Waals surface area (Å²) in [7, 11) is 1.69. The van der Waals surface area contributed by atoms with E-state index < -0.39 is 0 Å². The maximum Gasteiger partial charge on any atom is 0.123 e. The second-order valence-corrected chi connectivity index (χ2v) is 5.57. The lowest BCUT2D eigenvalue weighted by Crippen LogP contribution is -2.14. The van der Waals surface area contributed by atoms with Gasteiger partial charge in [0.1, 0.15) is 5.75 Å². The summed E-state index contributed by atoms with van der Waals surface area (Å²) in [6.45, 7) is 2.07. The molecule has 2 nitrogen and oxygen atoms in total. The number of nitrogens with two attached hydrogens (primary N) is 1. The summed E-state index contributed by atoms with van der Waals surface area (Å²) >= 11 is 1.77. The number of hydrogen-bond acceptors (Lipinski definition) is 3. The summed E-state index contributed by atoms with van der Waals surface area (Å²) in [6, 6.07) is 16.4. The minimum atomic E-state index is -0.0277. The van der Waals surface area contributed by atoms with Gasteiger partial charge < -0.3 is 10.5 Å². The monoisotopic (exact) mass is 273 g/mol. The van der Waals surface area contributed by atoms with Gasteiger partial charge in [0, 0.05) is 22.3 Å². The van der Waals surface area contributed by atoms with Crippen molar-refractivity contribution in [2.45, 2.75) is 17.9 Å². The van der Waals surface area contributed by atoms with Crippen LogP contribution >= 0.6 is 11.8 Å². The summed E-state index contributed by atoms with van der Waals surface area (Å²) in [5, 5.41) is 0. The molecule has 2 aromatic carbocycles. The SMILES string of the molecule is COc1ccc(C)cc1C(N)CSc1ccccc1. The molecule has 2 rings (SSSR count). The molecule has 0 aromatic heterocycles. The van der Waals surface area contributed by atoms with Crippen molar-refractivity contribution in [1.82, 2.24) is 0 Å². The summed E-state index contributed by atoms with van der Waals surface area (Å²) < 4.78 is 5.38. The highest BCUT2D eigenvalue weighted by Crippen LogP contribution is 2.29. The number of hydrogen-bond donors (Lipinski definition) is 1. The number of rotatable bonds is 5. The van der Waals surface area contributed by atoms with Gasteiger partial charge in [-0.1, -0.05) is 35.9 Å². The molecule has 0 aliphatic rings. The largest absolute Gasteiger partial charge is 0.496 e. The zero-order chi connectivity index (χ0) is 13.7. The molecule has 0 saturated heterocycles. The van der Waals surface area contributed by atoms with Gasteiger partial charge in [0.25, 0.3) is 0 Å². The van der Waals surface area contributed by atoms with Gasteiger partial charge in [-0.05, 0) is 25.1 Å². The Balaban J connectivity index is 2.07. The van der Waals surface area contributed by atoms with Crippen molar-refractivity contribution in [3.8, 4) is 5.75 Å². The normalized spacial score (nSPS) is 12.2. The van der Waals surface area contributed by atoms with Crippen molar-refractivity contribution >= 4 is 11.8 Å². The van der Waals surface area contributed by atoms with Crippen LogP contribution in [0.3, 0.4) is 0 Å². The van der Waals surface area contributed by atoms with E-state index in [1.54, 1.807) is 18.9 Å². The lowest BCUT2D eigenvalue weighted by Gasteiger charge is -2.16. The molecular weight excluding hydrogens is 254 g/mol. The molecule has 2 N–H and O–H groups in total. The van der Waals surface area contributed by atoms with Crippen molar-refractivity contribution in [2.75, 3.05) is 12.9 Å². The van der Waals surface area contributed by atoms with Crippen LogP contribution in [0.2, 0.25) is 0 Å². The van der Waals surface area contributed by atoms with Crippen LogP contribution in [-0.2, 0) is 0 Å². The molecule has 0 aliphatic carbocycles. The van der Waals surface area contributed by atoms with Gasteiger partial charge in [-0.25, -0.2) is 0 Å². The van der Waals surface area contributed by atoms with E-state index in [0.29, 0.717) is 0 Å². The Morgan fingerprint density at radius 3 is 2.58 bits per heavy atom. The molecule has 0 fully saturated rings. The van der Waals surface area contributed by atoms with Crippen LogP contribution in [0.1, 0.15) is 17.2 Å². The molecule has 0 bridgehead atoms. The van der Waals surface area contributed by atoms with E-state index in [0.717, 1.165) is 17.1 Å². The molecule has 2 aromatic rings. The number of benzene rings is 2. The Morgan fingerprint density at radius 1 is 1.16 bits per heavy atom. The van der Waals surface area contributed by atoms with Crippen LogP contribution in [-0.4, -0.2) is 12.9 Å². The zero-order valence-electron chi connectivity index (χ0n) is 11.3. The Bertz CT molecular complexity index is 528. The first-order valence-corrected chi connectivity index (χ1v) is 7.27. The van der Waals surface area contributed by atoms with Crippen molar-refractivity contribution in [3.63, 3.8) is 0 Å². The molecule has 3 heteroatoms. The topological polar surface area (TPSA) is 35.2 Å². The van der Waals surface area contributed by atoms with Crippen LogP contribution in [0.5, 0.6) is 5.75 Å². The van der Waals surface area contributed by atoms with Gasteiger partial charge in [-0.15, -0.1) is 11.8 Å². The molecule has 1 unspecified atom stereocenters. The maximum absolute atomic E-state index is 6.29. The number of methoxy groups -OCH3 is 1. The van der Waals surface area contributed by atoms with Gasteiger partial charge >= 0.3 is 0 Å². The first kappa shape index (κ1) is 14.0. The molecule has 1 atom stereocenters. The Kier molecular flexibility index (Phi) is 4.88. The predicted octanol–water partition coefficient (Wildman–Crippen LogP) is 3.80. The van der Waals surface area contributed by atoms with Crippen LogP contribution in [0.25, 0.3) is 0 Å². The van der Waals surface area contributed by atoms with Gasteiger partial charge in [0.2, 0.25) is 0 Å². The predicted molar refractivity (Wildman–Crippen MR) is 81.8 cm³/mol. The third-order valence-electron chi connectivity index (χ3n) is 2.96. The van der Waals surface area contributed by atoms with Gasteiger partial charge in [-0.3, -0.25) is 0 Å². The minimum Gasteiger partial charge on any atom is -0.496 e. The third-order valence-corrected chi connectivity index (χ3v) is 4.09. The maximum atomic E-state index is 6.29. The van der Waals surface area contributed by atoms with Crippen LogP contribution in [0.4, 0.5) is 0 Å². The third kappa shape index (κ3) is 3.75. The summed E-state index contributed by atoms with van der Waals surface area (Å²) in [5.74, 6) is 1.70. The fraction of sp³-hybridized carbons (Fsp3) is 0.250. The summed E-state index contributed by atoms with van der Waals surface area (Å²) in [4.78, 5) is 1.24. The standard InChI is InChI=1S/C16H19NOS/c1-12-8-9-16(18-2)14(10-12)15(17)11-19-13-6-4-3-5-7-13/h3-10,15H,11,17H2,1-2H3. The van der Waals surface area contributed by atoms with Gasteiger partial charge in [-0.2, -0.15) is 0 Å². The van der Waals surface area contributed by atoms with E-state index in [-0.39, 0.29) is 6.04 Å². The van der Waals surface area contributed by atoms with Crippen molar-refractivity contribution in [1.29, 1.82) is 0 Å². The van der Waals surface area contributed by atoms with E-state index in [9.17, 15) is 0 Å². The van der Waals surface area contributed by atoms with Crippen LogP contribution in [0, 0.1) is 6.92 Å². The first-order valence-electron chi connectivity index (χ1n) is 6.28. The average molecular weight is 273 g/mol. The van der Waals surface area contributed by atoms with Crippen molar-refractivity contribution in [3.05, 3.63) is 59.7 Å². The van der Waals surface area contributed by atoms with E-state index in [2.05, 4.69) is 25.1 Å². The molecular formula is C16H19NOS. The molecule has 0 spiro atoms. The zero-order valence-corrected chi connectivity index (χ0v) is 12.1. The molecule has 0 radical (unpaired) electrons. The highest BCUT2D eigenvalue weighted by molar-refractivity contribution is 7.99. The quantitative estimate of drug-likeness (QED) is 0.842. The molecule has 100 valence electrons. The smallest absolute Gasteiger partial charge is 0.123 e. The van der Waals surface area contributed by atoms with E-state index in [4.69, 9.17) is 10.5 Å². The fourth-order valence-electron chi connectivity index (χ4n) is 1.94.